The molecule has 1 saturated heterocycles. The molecule has 1 aromatic rings. The summed E-state index contributed by atoms with van der Waals surface area (Å²) in [5.74, 6) is 0. The van der Waals surface area contributed by atoms with Crippen LogP contribution in [-0.4, -0.2) is 48.9 Å². The molecule has 0 spiro atoms. The number of thioether (sulfide) groups is 1. The summed E-state index contributed by atoms with van der Waals surface area (Å²) >= 11 is 1.10. The van der Waals surface area contributed by atoms with Gasteiger partial charge in [-0.25, -0.2) is 4.79 Å². The van der Waals surface area contributed by atoms with Gasteiger partial charge in [0.2, 0.25) is 0 Å². The summed E-state index contributed by atoms with van der Waals surface area (Å²) in [4.78, 5) is 25.0. The van der Waals surface area contributed by atoms with Gasteiger partial charge in [0.25, 0.3) is 5.56 Å². The van der Waals surface area contributed by atoms with Gasteiger partial charge in [-0.3, -0.25) is 14.3 Å². The first-order valence-corrected chi connectivity index (χ1v) is 6.34. The molecule has 0 aromatic carbocycles. The van der Waals surface area contributed by atoms with Crippen molar-refractivity contribution >= 4 is 11.8 Å². The lowest BCUT2D eigenvalue weighted by Crippen LogP contribution is -2.38. The van der Waals surface area contributed by atoms with Gasteiger partial charge in [-0.1, -0.05) is 0 Å². The number of hydrogen-bond donors (Lipinski definition) is 4. The monoisotopic (exact) mass is 274 g/mol. The third-order valence-corrected chi connectivity index (χ3v) is 4.50. The Hall–Kier alpha value is -1.09. The normalized spacial score (nSPS) is 31.8. The smallest absolute Gasteiger partial charge is 0.329 e. The molecule has 100 valence electrons. The van der Waals surface area contributed by atoms with Gasteiger partial charge in [0.15, 0.2) is 0 Å². The van der Waals surface area contributed by atoms with Crippen LogP contribution in [0.2, 0.25) is 0 Å². The Labute approximate surface area is 106 Å². The SMILES string of the molecule is Cc1cn(C2S[C@@H](CO)[C@@H](O)[C@@H]2O)c(=O)[nH]c1=O. The molecule has 0 amide bonds. The lowest BCUT2D eigenvalue weighted by Gasteiger charge is -2.17. The largest absolute Gasteiger partial charge is 0.395 e. The number of aryl methyl sites for hydroxylation is 1. The van der Waals surface area contributed by atoms with Crippen molar-refractivity contribution in [2.75, 3.05) is 6.61 Å². The number of aliphatic hydroxyl groups excluding tert-OH is 3. The second-order valence-corrected chi connectivity index (χ2v) is 5.57. The third-order valence-electron chi connectivity index (χ3n) is 2.94. The van der Waals surface area contributed by atoms with E-state index in [4.69, 9.17) is 5.11 Å². The lowest BCUT2D eigenvalue weighted by atomic mass is 10.1. The summed E-state index contributed by atoms with van der Waals surface area (Å²) in [6.45, 7) is 1.25. The Morgan fingerprint density at radius 2 is 2.06 bits per heavy atom. The fraction of sp³-hybridized carbons (Fsp3) is 0.600. The van der Waals surface area contributed by atoms with Crippen LogP contribution >= 0.6 is 11.8 Å². The third kappa shape index (κ3) is 2.12. The van der Waals surface area contributed by atoms with Gasteiger partial charge in [-0.15, -0.1) is 11.8 Å². The van der Waals surface area contributed by atoms with E-state index in [2.05, 4.69) is 4.98 Å². The Balaban J connectivity index is 2.42. The average molecular weight is 274 g/mol. The molecule has 2 rings (SSSR count). The zero-order valence-electron chi connectivity index (χ0n) is 9.61. The summed E-state index contributed by atoms with van der Waals surface area (Å²) in [5.41, 5.74) is -0.787. The second-order valence-electron chi connectivity index (χ2n) is 4.21. The number of rotatable bonds is 2. The van der Waals surface area contributed by atoms with E-state index >= 15 is 0 Å². The number of nitrogens with zero attached hydrogens (tertiary/aromatic N) is 1. The summed E-state index contributed by atoms with van der Waals surface area (Å²) in [6.07, 6.45) is -0.937. The Bertz CT molecular complexity index is 554. The van der Waals surface area contributed by atoms with Gasteiger partial charge < -0.3 is 15.3 Å². The van der Waals surface area contributed by atoms with Gasteiger partial charge in [0.05, 0.1) is 18.0 Å². The predicted molar refractivity (Wildman–Crippen MR) is 65.6 cm³/mol. The van der Waals surface area contributed by atoms with E-state index in [0.717, 1.165) is 11.8 Å². The van der Waals surface area contributed by atoms with E-state index in [1.165, 1.54) is 10.8 Å². The van der Waals surface area contributed by atoms with Crippen molar-refractivity contribution in [3.05, 3.63) is 32.6 Å². The maximum Gasteiger partial charge on any atom is 0.329 e. The summed E-state index contributed by atoms with van der Waals surface area (Å²) in [7, 11) is 0. The van der Waals surface area contributed by atoms with E-state index in [0.29, 0.717) is 5.56 Å². The fourth-order valence-corrected chi connectivity index (χ4v) is 3.26. The highest BCUT2D eigenvalue weighted by atomic mass is 32.2. The van der Waals surface area contributed by atoms with Crippen LogP contribution in [0.15, 0.2) is 15.8 Å². The molecule has 4 atom stereocenters. The number of hydrogen-bond acceptors (Lipinski definition) is 6. The molecule has 0 aliphatic carbocycles. The van der Waals surface area contributed by atoms with Crippen LogP contribution in [0.1, 0.15) is 10.9 Å². The number of aromatic nitrogens is 2. The van der Waals surface area contributed by atoms with Crippen molar-refractivity contribution in [2.24, 2.45) is 0 Å². The molecule has 1 aliphatic rings. The highest BCUT2D eigenvalue weighted by Crippen LogP contribution is 2.40. The first kappa shape index (κ1) is 13.3. The molecular weight excluding hydrogens is 260 g/mol. The minimum Gasteiger partial charge on any atom is -0.395 e. The fourth-order valence-electron chi connectivity index (χ4n) is 1.88. The zero-order valence-corrected chi connectivity index (χ0v) is 10.4. The minimum absolute atomic E-state index is 0.295. The van der Waals surface area contributed by atoms with Crippen molar-refractivity contribution in [2.45, 2.75) is 29.8 Å². The molecule has 18 heavy (non-hydrogen) atoms. The van der Waals surface area contributed by atoms with Crippen molar-refractivity contribution in [1.29, 1.82) is 0 Å². The van der Waals surface area contributed by atoms with Crippen LogP contribution in [0.4, 0.5) is 0 Å². The summed E-state index contributed by atoms with van der Waals surface area (Å²) in [5, 5.41) is 27.3. The summed E-state index contributed by atoms with van der Waals surface area (Å²) < 4.78 is 1.17. The zero-order chi connectivity index (χ0) is 13.4. The molecule has 1 fully saturated rings. The minimum atomic E-state index is -1.17. The maximum atomic E-state index is 11.7. The summed E-state index contributed by atoms with van der Waals surface area (Å²) in [6, 6.07) is 0. The molecule has 1 aliphatic heterocycles. The van der Waals surface area contributed by atoms with E-state index in [1.54, 1.807) is 6.92 Å². The highest BCUT2D eigenvalue weighted by Gasteiger charge is 2.43. The van der Waals surface area contributed by atoms with Crippen LogP contribution in [-0.2, 0) is 0 Å². The Morgan fingerprint density at radius 3 is 2.61 bits per heavy atom. The first-order chi connectivity index (χ1) is 8.45. The van der Waals surface area contributed by atoms with Crippen molar-refractivity contribution in [3.8, 4) is 0 Å². The molecule has 1 aromatic heterocycles. The molecule has 0 saturated carbocycles. The van der Waals surface area contributed by atoms with Crippen molar-refractivity contribution < 1.29 is 15.3 Å². The first-order valence-electron chi connectivity index (χ1n) is 5.40. The second kappa shape index (κ2) is 4.88. The highest BCUT2D eigenvalue weighted by molar-refractivity contribution is 8.00. The van der Waals surface area contributed by atoms with Gasteiger partial charge in [0, 0.05) is 11.8 Å². The average Bonchev–Trinajstić information content (AvgIpc) is 2.61. The van der Waals surface area contributed by atoms with E-state index in [1.807, 2.05) is 0 Å². The molecule has 0 bridgehead atoms. The molecule has 8 heteroatoms. The predicted octanol–water partition coefficient (Wildman–Crippen LogP) is -1.83. The molecule has 0 radical (unpaired) electrons. The molecular formula is C10H14N2O5S. The number of H-pyrrole nitrogens is 1. The van der Waals surface area contributed by atoms with Gasteiger partial charge >= 0.3 is 5.69 Å². The van der Waals surface area contributed by atoms with Crippen molar-refractivity contribution in [1.82, 2.24) is 9.55 Å². The van der Waals surface area contributed by atoms with Crippen LogP contribution in [0.5, 0.6) is 0 Å². The van der Waals surface area contributed by atoms with Crippen LogP contribution in [0.25, 0.3) is 0 Å². The van der Waals surface area contributed by atoms with E-state index < -0.39 is 34.1 Å². The number of nitrogens with one attached hydrogen (secondary N) is 1. The van der Waals surface area contributed by atoms with Gasteiger partial charge in [-0.2, -0.15) is 0 Å². The van der Waals surface area contributed by atoms with Crippen LogP contribution in [0, 0.1) is 6.92 Å². The molecule has 2 heterocycles. The Kier molecular flexibility index (Phi) is 3.62. The topological polar surface area (TPSA) is 116 Å². The standard InChI is InChI=1S/C10H14N2O5S/c1-4-2-12(10(17)11-8(4)16)9-7(15)6(14)5(3-13)18-9/h2,5-7,9,13-15H,3H2,1H3,(H,11,16,17)/t5-,6+,7-,9?/m0/s1. The van der Waals surface area contributed by atoms with Gasteiger partial charge in [0.1, 0.15) is 11.5 Å². The van der Waals surface area contributed by atoms with Gasteiger partial charge in [-0.05, 0) is 6.92 Å². The molecule has 4 N–H and O–H groups in total. The maximum absolute atomic E-state index is 11.7. The van der Waals surface area contributed by atoms with E-state index in [-0.39, 0.29) is 6.61 Å². The van der Waals surface area contributed by atoms with E-state index in [9.17, 15) is 19.8 Å². The quantitative estimate of drug-likeness (QED) is 0.504. The van der Waals surface area contributed by atoms with Crippen LogP contribution < -0.4 is 11.2 Å². The number of aliphatic hydroxyl groups is 3. The lowest BCUT2D eigenvalue weighted by molar-refractivity contribution is 0.0101. The Morgan fingerprint density at radius 1 is 1.39 bits per heavy atom. The number of aromatic amines is 1. The molecule has 1 unspecified atom stereocenters. The van der Waals surface area contributed by atoms with Crippen molar-refractivity contribution in [3.63, 3.8) is 0 Å². The molecule has 7 nitrogen and oxygen atoms in total. The van der Waals surface area contributed by atoms with Crippen LogP contribution in [0.3, 0.4) is 0 Å².